The smallest absolute Gasteiger partial charge is 0.414 e. The van der Waals surface area contributed by atoms with Gasteiger partial charge in [-0.3, -0.25) is 10.1 Å². The fourth-order valence-electron chi connectivity index (χ4n) is 3.70. The molecule has 3 unspecified atom stereocenters. The summed E-state index contributed by atoms with van der Waals surface area (Å²) in [6.45, 7) is 3.53. The molecule has 3 atom stereocenters. The molecule has 2 aromatic rings. The van der Waals surface area contributed by atoms with Gasteiger partial charge >= 0.3 is 11.9 Å². The van der Waals surface area contributed by atoms with E-state index in [2.05, 4.69) is 13.6 Å². The molecule has 12 heteroatoms. The summed E-state index contributed by atoms with van der Waals surface area (Å²) in [5, 5.41) is 26.5. The molecule has 4 rings (SSSR count). The number of non-ortho nitro benzene ring substituents is 1. The zero-order valence-corrected chi connectivity index (χ0v) is 17.5. The van der Waals surface area contributed by atoms with Gasteiger partial charge in [0.05, 0.1) is 22.3 Å². The average Bonchev–Trinajstić information content (AvgIpc) is 3.30. The Morgan fingerprint density at radius 3 is 2.50 bits per heavy atom. The van der Waals surface area contributed by atoms with Gasteiger partial charge in [-0.05, 0) is 30.9 Å². The lowest BCUT2D eigenvalue weighted by atomic mass is 9.89. The van der Waals surface area contributed by atoms with Crippen molar-refractivity contribution in [3.63, 3.8) is 0 Å². The largest absolute Gasteiger partial charge is 0.473 e. The van der Waals surface area contributed by atoms with E-state index in [9.17, 15) is 10.1 Å². The number of hydrogen-bond acceptors (Lipinski definition) is 9. The zero-order chi connectivity index (χ0) is 21.7. The molecule has 0 spiro atoms. The number of aliphatic carboxylic acids is 2. The lowest BCUT2D eigenvalue weighted by Crippen LogP contribution is -2.25. The van der Waals surface area contributed by atoms with Crippen LogP contribution in [0.3, 0.4) is 0 Å². The van der Waals surface area contributed by atoms with Crippen LogP contribution in [-0.2, 0) is 15.3 Å². The normalized spacial score (nSPS) is 22.1. The molecule has 160 valence electrons. The third-order valence-electron chi connectivity index (χ3n) is 5.10. The maximum atomic E-state index is 10.7. The number of aromatic nitrogens is 2. The Hall–Kier alpha value is -2.57. The van der Waals surface area contributed by atoms with Gasteiger partial charge in [0, 0.05) is 36.9 Å². The van der Waals surface area contributed by atoms with Crippen LogP contribution in [0.5, 0.6) is 0 Å². The molecule has 0 saturated carbocycles. The van der Waals surface area contributed by atoms with E-state index < -0.39 is 11.9 Å². The van der Waals surface area contributed by atoms with Crippen LogP contribution in [0, 0.1) is 16.0 Å². The number of nitrogens with zero attached hydrogens (tertiary/aromatic N) is 4. The number of carboxylic acid groups (broad SMARTS) is 2. The quantitative estimate of drug-likeness (QED) is 0.300. The first kappa shape index (κ1) is 22.1. The maximum Gasteiger partial charge on any atom is 0.414 e. The Morgan fingerprint density at radius 2 is 1.90 bits per heavy atom. The number of nitro groups is 1. The highest BCUT2D eigenvalue weighted by atomic mass is 32.2. The molecule has 2 bridgehead atoms. The Balaban J connectivity index is 0.000000377. The molecule has 30 heavy (non-hydrogen) atoms. The first-order chi connectivity index (χ1) is 14.3. The number of hydrogen-bond donors (Lipinski definition) is 2. The van der Waals surface area contributed by atoms with Crippen molar-refractivity contribution in [2.24, 2.45) is 5.92 Å². The summed E-state index contributed by atoms with van der Waals surface area (Å²) >= 11 is 2.99. The molecule has 2 N–H and O–H groups in total. The summed E-state index contributed by atoms with van der Waals surface area (Å²) in [7, 11) is 0. The molecule has 1 aromatic heterocycles. The monoisotopic (exact) mass is 452 g/mol. The summed E-state index contributed by atoms with van der Waals surface area (Å²) in [5.74, 6) is -1.64. The van der Waals surface area contributed by atoms with Gasteiger partial charge in [0.25, 0.3) is 5.69 Å². The summed E-state index contributed by atoms with van der Waals surface area (Å²) in [6, 6.07) is 6.75. The molecular weight excluding hydrogens is 432 g/mol. The van der Waals surface area contributed by atoms with Gasteiger partial charge in [-0.2, -0.15) is 8.75 Å². The molecule has 0 aliphatic carbocycles. The molecule has 2 aliphatic heterocycles. The highest BCUT2D eigenvalue weighted by molar-refractivity contribution is 7.98. The minimum Gasteiger partial charge on any atom is -0.473 e. The van der Waals surface area contributed by atoms with E-state index in [1.54, 1.807) is 23.9 Å². The first-order valence-electron chi connectivity index (χ1n) is 9.22. The second-order valence-electron chi connectivity index (χ2n) is 7.05. The predicted molar refractivity (Wildman–Crippen MR) is 110 cm³/mol. The van der Waals surface area contributed by atoms with Crippen LogP contribution in [0.1, 0.15) is 30.0 Å². The van der Waals surface area contributed by atoms with E-state index in [0.29, 0.717) is 5.92 Å². The molecule has 10 nitrogen and oxygen atoms in total. The van der Waals surface area contributed by atoms with Crippen molar-refractivity contribution in [3.05, 3.63) is 45.6 Å². The summed E-state index contributed by atoms with van der Waals surface area (Å²) < 4.78 is 9.10. The van der Waals surface area contributed by atoms with Crippen LogP contribution in [0.25, 0.3) is 0 Å². The summed E-state index contributed by atoms with van der Waals surface area (Å²) in [5.41, 5.74) is 2.37. The number of benzene rings is 1. The molecule has 2 fully saturated rings. The summed E-state index contributed by atoms with van der Waals surface area (Å²) in [4.78, 5) is 31.1. The maximum absolute atomic E-state index is 10.7. The van der Waals surface area contributed by atoms with Crippen molar-refractivity contribution in [3.8, 4) is 0 Å². The average molecular weight is 453 g/mol. The topological polar surface area (TPSA) is 147 Å². The van der Waals surface area contributed by atoms with Gasteiger partial charge in [0.15, 0.2) is 0 Å². The molecule has 2 aliphatic rings. The first-order valence-corrected chi connectivity index (χ1v) is 10.9. The minimum atomic E-state index is -1.82. The van der Waals surface area contributed by atoms with E-state index >= 15 is 0 Å². The number of thioether (sulfide) groups is 1. The number of carboxylic acids is 2. The van der Waals surface area contributed by atoms with E-state index in [1.807, 2.05) is 12.1 Å². The van der Waals surface area contributed by atoms with E-state index in [4.69, 9.17) is 19.8 Å². The standard InChI is InChI=1S/C16H18N4O2S2.C2H2O4/c21-20(22)13-5-3-11(4-6-13)10-23-16-15(17-24-18-16)14-9-19-7-1-2-12(14)8-19;3-1(4)2(5)6/h3-6,12,14H,1-2,7-10H2;(H,3,4)(H,5,6). The number of fused-ring (bicyclic) bond motifs is 2. The molecule has 0 amide bonds. The molecule has 3 heterocycles. The van der Waals surface area contributed by atoms with Crippen molar-refractivity contribution >= 4 is 41.1 Å². The molecular formula is C18H20N4O6S2. The van der Waals surface area contributed by atoms with Gasteiger partial charge in [0.2, 0.25) is 0 Å². The van der Waals surface area contributed by atoms with Crippen LogP contribution in [0.4, 0.5) is 5.69 Å². The van der Waals surface area contributed by atoms with Crippen molar-refractivity contribution < 1.29 is 24.7 Å². The van der Waals surface area contributed by atoms with Gasteiger partial charge < -0.3 is 15.1 Å². The number of nitro benzene ring substituents is 1. The van der Waals surface area contributed by atoms with Crippen molar-refractivity contribution in [2.45, 2.75) is 29.5 Å². The fourth-order valence-corrected chi connectivity index (χ4v) is 5.43. The highest BCUT2D eigenvalue weighted by Gasteiger charge is 2.38. The fraction of sp³-hybridized carbons (Fsp3) is 0.444. The van der Waals surface area contributed by atoms with Crippen molar-refractivity contribution in [1.82, 2.24) is 13.6 Å². The third-order valence-corrected chi connectivity index (χ3v) is 6.81. The molecule has 0 radical (unpaired) electrons. The second kappa shape index (κ2) is 9.96. The van der Waals surface area contributed by atoms with Crippen LogP contribution >= 0.6 is 23.5 Å². The molecule has 1 aromatic carbocycles. The van der Waals surface area contributed by atoms with E-state index in [-0.39, 0.29) is 10.6 Å². The number of piperidine rings is 1. The molecule has 2 saturated heterocycles. The Kier molecular flexibility index (Phi) is 7.34. The van der Waals surface area contributed by atoms with E-state index in [0.717, 1.165) is 28.8 Å². The number of rotatable bonds is 5. The van der Waals surface area contributed by atoms with Crippen molar-refractivity contribution in [2.75, 3.05) is 19.6 Å². The van der Waals surface area contributed by atoms with Crippen LogP contribution < -0.4 is 0 Å². The van der Waals surface area contributed by atoms with Crippen LogP contribution in [0.2, 0.25) is 0 Å². The van der Waals surface area contributed by atoms with Crippen LogP contribution in [-0.4, -0.2) is 60.4 Å². The van der Waals surface area contributed by atoms with Gasteiger partial charge in [-0.1, -0.05) is 23.9 Å². The van der Waals surface area contributed by atoms with Gasteiger partial charge in [-0.25, -0.2) is 9.59 Å². The number of carbonyl (C=O) groups is 2. The van der Waals surface area contributed by atoms with E-state index in [1.165, 1.54) is 43.4 Å². The van der Waals surface area contributed by atoms with Gasteiger partial charge in [0.1, 0.15) is 5.03 Å². The third kappa shape index (κ3) is 5.52. The predicted octanol–water partition coefficient (Wildman–Crippen LogP) is 2.70. The Morgan fingerprint density at radius 1 is 1.20 bits per heavy atom. The minimum absolute atomic E-state index is 0.132. The SMILES string of the molecule is O=C(O)C(=O)O.O=[N+]([O-])c1ccc(CSc2nsnc2C2CN3CCCC2C3)cc1. The lowest BCUT2D eigenvalue weighted by Gasteiger charge is -2.21. The van der Waals surface area contributed by atoms with Crippen molar-refractivity contribution in [1.29, 1.82) is 0 Å². The Labute approximate surface area is 180 Å². The van der Waals surface area contributed by atoms with Crippen LogP contribution in [0.15, 0.2) is 29.3 Å². The zero-order valence-electron chi connectivity index (χ0n) is 15.8. The summed E-state index contributed by atoms with van der Waals surface area (Å²) in [6.07, 6.45) is 2.59. The highest BCUT2D eigenvalue weighted by Crippen LogP contribution is 2.41. The second-order valence-corrected chi connectivity index (χ2v) is 8.54. The lowest BCUT2D eigenvalue weighted by molar-refractivity contribution is -0.384. The van der Waals surface area contributed by atoms with Gasteiger partial charge in [-0.15, -0.1) is 0 Å². The Bertz CT molecular complexity index is 908.